The molecular formula is C27H25F2N5O3. The number of likely N-dealkylation sites (tertiary alicyclic amines) is 1. The minimum Gasteiger partial charge on any atom is -0.348 e. The molecule has 1 aromatic heterocycles. The first-order chi connectivity index (χ1) is 17.6. The number of halogens is 2. The van der Waals surface area contributed by atoms with Crippen LogP contribution in [-0.4, -0.2) is 46.2 Å². The van der Waals surface area contributed by atoms with Gasteiger partial charge in [0.15, 0.2) is 0 Å². The highest BCUT2D eigenvalue weighted by Gasteiger charge is 2.56. The van der Waals surface area contributed by atoms with Crippen molar-refractivity contribution >= 4 is 34.3 Å². The highest BCUT2D eigenvalue weighted by Crippen LogP contribution is 2.46. The Morgan fingerprint density at radius 1 is 1.22 bits per heavy atom. The van der Waals surface area contributed by atoms with Crippen LogP contribution < -0.4 is 10.6 Å². The highest BCUT2D eigenvalue weighted by atomic mass is 19.1. The van der Waals surface area contributed by atoms with E-state index in [-0.39, 0.29) is 47.8 Å². The number of para-hydroxylation sites is 1. The van der Waals surface area contributed by atoms with E-state index in [1.807, 2.05) is 19.9 Å². The lowest BCUT2D eigenvalue weighted by Crippen LogP contribution is -2.51. The molecule has 2 aliphatic heterocycles. The summed E-state index contributed by atoms with van der Waals surface area (Å²) in [5.41, 5.74) is 0.102. The first-order valence-corrected chi connectivity index (χ1v) is 12.0. The van der Waals surface area contributed by atoms with E-state index in [1.165, 1.54) is 11.0 Å². The van der Waals surface area contributed by atoms with Crippen LogP contribution in [0.4, 0.5) is 14.5 Å². The van der Waals surface area contributed by atoms with Gasteiger partial charge >= 0.3 is 0 Å². The average Bonchev–Trinajstić information content (AvgIpc) is 3.56. The average molecular weight is 506 g/mol. The molecule has 37 heavy (non-hydrogen) atoms. The van der Waals surface area contributed by atoms with E-state index in [0.717, 1.165) is 17.7 Å². The fraction of sp³-hybridized carbons (Fsp3) is 0.333. The molecule has 3 atom stereocenters. The van der Waals surface area contributed by atoms with Crippen LogP contribution in [0.3, 0.4) is 0 Å². The normalized spacial score (nSPS) is 21.2. The second-order valence-corrected chi connectivity index (χ2v) is 10.1. The summed E-state index contributed by atoms with van der Waals surface area (Å²) in [4.78, 5) is 43.8. The molecule has 2 aromatic carbocycles. The fourth-order valence-electron chi connectivity index (χ4n) is 5.39. The van der Waals surface area contributed by atoms with Gasteiger partial charge in [-0.25, -0.2) is 8.78 Å². The number of aromatic nitrogens is 1. The SMILES string of the molecule is CC(C)C[C@H](NC(=O)c1cc2c(F)ccc(F)c2[nH]1)C(=O)N1C[C@]2(C[C@H]1C#N)C(=O)Nc1ccccc12. The van der Waals surface area contributed by atoms with Crippen LogP contribution in [0.25, 0.3) is 10.9 Å². The van der Waals surface area contributed by atoms with Crippen molar-refractivity contribution in [2.75, 3.05) is 11.9 Å². The molecule has 10 heteroatoms. The molecule has 0 saturated carbocycles. The fourth-order valence-corrected chi connectivity index (χ4v) is 5.39. The van der Waals surface area contributed by atoms with E-state index < -0.39 is 40.9 Å². The first kappa shape index (κ1) is 24.4. The van der Waals surface area contributed by atoms with Gasteiger partial charge in [0.05, 0.1) is 17.0 Å². The van der Waals surface area contributed by atoms with Gasteiger partial charge in [-0.15, -0.1) is 0 Å². The molecule has 1 fully saturated rings. The summed E-state index contributed by atoms with van der Waals surface area (Å²) in [7, 11) is 0. The number of benzene rings is 2. The topological polar surface area (TPSA) is 118 Å². The Morgan fingerprint density at radius 2 is 1.95 bits per heavy atom. The third-order valence-corrected chi connectivity index (χ3v) is 7.16. The summed E-state index contributed by atoms with van der Waals surface area (Å²) in [6.45, 7) is 3.77. The van der Waals surface area contributed by atoms with Crippen LogP contribution in [0.15, 0.2) is 42.5 Å². The van der Waals surface area contributed by atoms with Crippen molar-refractivity contribution in [3.05, 3.63) is 65.4 Å². The van der Waals surface area contributed by atoms with Crippen molar-refractivity contribution in [1.29, 1.82) is 5.26 Å². The smallest absolute Gasteiger partial charge is 0.268 e. The number of nitrogens with zero attached hydrogens (tertiary/aromatic N) is 2. The Kier molecular flexibility index (Phi) is 5.94. The number of fused-ring (bicyclic) bond motifs is 3. The quantitative estimate of drug-likeness (QED) is 0.491. The van der Waals surface area contributed by atoms with E-state index in [4.69, 9.17) is 0 Å². The summed E-state index contributed by atoms with van der Waals surface area (Å²) in [5, 5.41) is 15.3. The molecule has 3 aromatic rings. The van der Waals surface area contributed by atoms with E-state index in [2.05, 4.69) is 21.7 Å². The van der Waals surface area contributed by atoms with Crippen LogP contribution in [0.2, 0.25) is 0 Å². The van der Waals surface area contributed by atoms with Crippen LogP contribution in [0, 0.1) is 28.9 Å². The molecule has 5 rings (SSSR count). The second kappa shape index (κ2) is 9.00. The van der Waals surface area contributed by atoms with Crippen molar-refractivity contribution in [3.8, 4) is 6.07 Å². The minimum atomic E-state index is -1.05. The Hall–Kier alpha value is -4.26. The van der Waals surface area contributed by atoms with Crippen molar-refractivity contribution < 1.29 is 23.2 Å². The molecule has 0 radical (unpaired) electrons. The standard InChI is InChI=1S/C27H25F2N5O3/c1-14(2)9-22(32-24(35)21-10-16-18(28)7-8-19(29)23(16)31-21)25(36)34-13-27(11-15(34)12-30)17-5-3-4-6-20(17)33-26(27)37/h3-8,10,14-15,22,31H,9,11,13H2,1-2H3,(H,32,35)(H,33,37)/t15-,22-,27-/m0/s1. The largest absolute Gasteiger partial charge is 0.348 e. The molecule has 0 aliphatic carbocycles. The van der Waals surface area contributed by atoms with Crippen molar-refractivity contribution in [1.82, 2.24) is 15.2 Å². The van der Waals surface area contributed by atoms with E-state index in [1.54, 1.807) is 18.2 Å². The lowest BCUT2D eigenvalue weighted by Gasteiger charge is -2.28. The summed E-state index contributed by atoms with van der Waals surface area (Å²) in [6, 6.07) is 10.6. The van der Waals surface area contributed by atoms with Gasteiger partial charge in [0.25, 0.3) is 5.91 Å². The molecule has 3 amide bonds. The van der Waals surface area contributed by atoms with Gasteiger partial charge in [-0.2, -0.15) is 5.26 Å². The van der Waals surface area contributed by atoms with Gasteiger partial charge in [0, 0.05) is 24.0 Å². The maximum atomic E-state index is 14.1. The van der Waals surface area contributed by atoms with Gasteiger partial charge in [-0.1, -0.05) is 32.0 Å². The van der Waals surface area contributed by atoms with E-state index >= 15 is 0 Å². The zero-order valence-electron chi connectivity index (χ0n) is 20.3. The second-order valence-electron chi connectivity index (χ2n) is 10.1. The molecule has 0 unspecified atom stereocenters. The molecule has 3 heterocycles. The zero-order valence-corrected chi connectivity index (χ0v) is 20.3. The van der Waals surface area contributed by atoms with Crippen LogP contribution in [0.1, 0.15) is 42.7 Å². The summed E-state index contributed by atoms with van der Waals surface area (Å²) >= 11 is 0. The van der Waals surface area contributed by atoms with Crippen molar-refractivity contribution in [3.63, 3.8) is 0 Å². The number of H-pyrrole nitrogens is 1. The number of carbonyl (C=O) groups is 3. The molecule has 190 valence electrons. The van der Waals surface area contributed by atoms with Crippen LogP contribution >= 0.6 is 0 Å². The number of anilines is 1. The number of carbonyl (C=O) groups excluding carboxylic acids is 3. The molecule has 2 aliphatic rings. The Balaban J connectivity index is 1.43. The highest BCUT2D eigenvalue weighted by molar-refractivity contribution is 6.07. The third-order valence-electron chi connectivity index (χ3n) is 7.16. The first-order valence-electron chi connectivity index (χ1n) is 12.0. The van der Waals surface area contributed by atoms with Crippen LogP contribution in [-0.2, 0) is 15.0 Å². The van der Waals surface area contributed by atoms with Crippen LogP contribution in [0.5, 0.6) is 0 Å². The van der Waals surface area contributed by atoms with E-state index in [9.17, 15) is 28.4 Å². The van der Waals surface area contributed by atoms with Crippen molar-refractivity contribution in [2.45, 2.75) is 44.2 Å². The lowest BCUT2D eigenvalue weighted by atomic mass is 9.80. The minimum absolute atomic E-state index is 0.000181. The zero-order chi connectivity index (χ0) is 26.5. The maximum Gasteiger partial charge on any atom is 0.268 e. The summed E-state index contributed by atoms with van der Waals surface area (Å²) in [5.74, 6) is -2.86. The molecule has 3 N–H and O–H groups in total. The summed E-state index contributed by atoms with van der Waals surface area (Å²) in [6.07, 6.45) is 0.402. The third kappa shape index (κ3) is 4.00. The van der Waals surface area contributed by atoms with Gasteiger partial charge in [0.2, 0.25) is 11.8 Å². The lowest BCUT2D eigenvalue weighted by molar-refractivity contribution is -0.134. The summed E-state index contributed by atoms with van der Waals surface area (Å²) < 4.78 is 28.3. The number of rotatable bonds is 5. The molecule has 8 nitrogen and oxygen atoms in total. The number of nitrogens with one attached hydrogen (secondary N) is 3. The predicted octanol–water partition coefficient (Wildman–Crippen LogP) is 3.61. The Bertz CT molecular complexity index is 1440. The molecule has 0 bridgehead atoms. The Labute approximate surface area is 211 Å². The number of hydrogen-bond acceptors (Lipinski definition) is 4. The number of hydrogen-bond donors (Lipinski definition) is 3. The number of amides is 3. The van der Waals surface area contributed by atoms with Gasteiger partial charge in [0.1, 0.15) is 29.4 Å². The molecule has 1 saturated heterocycles. The number of nitriles is 1. The van der Waals surface area contributed by atoms with Gasteiger partial charge in [-0.3, -0.25) is 14.4 Å². The monoisotopic (exact) mass is 505 g/mol. The van der Waals surface area contributed by atoms with Gasteiger partial charge < -0.3 is 20.5 Å². The molecular weight excluding hydrogens is 480 g/mol. The van der Waals surface area contributed by atoms with E-state index in [0.29, 0.717) is 5.69 Å². The maximum absolute atomic E-state index is 14.1. The number of aromatic amines is 1. The van der Waals surface area contributed by atoms with Gasteiger partial charge in [-0.05, 0) is 42.2 Å². The Morgan fingerprint density at radius 3 is 2.65 bits per heavy atom. The molecule has 1 spiro atoms. The predicted molar refractivity (Wildman–Crippen MR) is 131 cm³/mol. The van der Waals surface area contributed by atoms with Crippen molar-refractivity contribution in [2.24, 2.45) is 5.92 Å².